The number of para-hydroxylation sites is 1. The van der Waals surface area contributed by atoms with Gasteiger partial charge in [0.15, 0.2) is 17.2 Å². The number of aliphatic hydroxyl groups excluding tert-OH is 2. The minimum Gasteiger partial charge on any atom is -0.510 e. The predicted octanol–water partition coefficient (Wildman–Crippen LogP) is 1.48. The lowest BCUT2D eigenvalue weighted by atomic mass is 9.58. The van der Waals surface area contributed by atoms with E-state index in [0.717, 1.165) is 5.69 Å². The Bertz CT molecular complexity index is 1730. The minimum atomic E-state index is -2.63. The Morgan fingerprint density at radius 1 is 0.957 bits per heavy atom. The third-order valence-electron chi connectivity index (χ3n) is 8.71. The number of aromatic hydroxyl groups is 2. The number of phenols is 2. The normalized spacial score (nSPS) is 23.6. The number of likely N-dealkylation sites (N-methyl/N-ethyl adjacent to an activating group) is 1. The predicted molar refractivity (Wildman–Crippen MR) is 163 cm³/mol. The maximum atomic E-state index is 13.5. The number of anilines is 1. The standard InChI is InChI=1S/C23H27N3O7.C9H8O4/c1-25(2)12-5-6-13(27)15-10(12)7-9-8-11-17(26(3)4)19(29)16(22(24)32)21(31)23(11,33)20(30)14(9)18(15)28;1-5(10)6-3-2-4-7(8(6)11)9(12)13/h5-6,9,11,17,27,29-30,33H,7-8H2,1-4H3,(H2,24,32);2-4,11H,1H3,(H,12,13)/t9-,11-,17-,23-;/m0./s1. The van der Waals surface area contributed by atoms with E-state index in [1.807, 2.05) is 0 Å². The number of carboxylic acid groups (broad SMARTS) is 1. The van der Waals surface area contributed by atoms with Gasteiger partial charge in [0.1, 0.15) is 34.2 Å². The van der Waals surface area contributed by atoms with Crippen LogP contribution in [0.1, 0.15) is 50.0 Å². The summed E-state index contributed by atoms with van der Waals surface area (Å²) in [7, 11) is 6.79. The monoisotopic (exact) mass is 637 g/mol. The largest absolute Gasteiger partial charge is 0.510 e. The van der Waals surface area contributed by atoms with Gasteiger partial charge in [0.05, 0.1) is 17.2 Å². The summed E-state index contributed by atoms with van der Waals surface area (Å²) in [6.07, 6.45) is 0.324. The number of carbonyl (C=O) groups excluding carboxylic acids is 4. The average Bonchev–Trinajstić information content (AvgIpc) is 2.94. The quantitative estimate of drug-likeness (QED) is 0.182. The fourth-order valence-electron chi connectivity index (χ4n) is 6.65. The lowest BCUT2D eigenvalue weighted by Crippen LogP contribution is -2.63. The van der Waals surface area contributed by atoms with Crippen LogP contribution in [0.15, 0.2) is 53.0 Å². The Balaban J connectivity index is 0.000000310. The lowest BCUT2D eigenvalue weighted by molar-refractivity contribution is -0.148. The highest BCUT2D eigenvalue weighted by atomic mass is 16.4. The second-order valence-electron chi connectivity index (χ2n) is 11.9. The molecule has 5 rings (SSSR count). The molecule has 0 saturated carbocycles. The van der Waals surface area contributed by atoms with Gasteiger partial charge >= 0.3 is 5.97 Å². The number of hydrogen-bond acceptors (Lipinski definition) is 12. The number of allylic oxidation sites excluding steroid dienone is 1. The van der Waals surface area contributed by atoms with E-state index in [4.69, 9.17) is 10.8 Å². The summed E-state index contributed by atoms with van der Waals surface area (Å²) in [6, 6.07) is 6.10. The highest BCUT2D eigenvalue weighted by Crippen LogP contribution is 2.53. The molecule has 0 fully saturated rings. The van der Waals surface area contributed by atoms with Crippen LogP contribution in [0, 0.1) is 11.8 Å². The number of nitrogens with two attached hydrogens (primary N) is 1. The van der Waals surface area contributed by atoms with E-state index in [2.05, 4.69) is 0 Å². The molecule has 0 radical (unpaired) electrons. The molecule has 3 aliphatic rings. The topological polar surface area (TPSA) is 239 Å². The van der Waals surface area contributed by atoms with Crippen LogP contribution in [0.3, 0.4) is 0 Å². The third kappa shape index (κ3) is 5.14. The Labute approximate surface area is 263 Å². The van der Waals surface area contributed by atoms with Gasteiger partial charge in [0, 0.05) is 31.3 Å². The number of fused-ring (bicyclic) bond motifs is 3. The summed E-state index contributed by atoms with van der Waals surface area (Å²) in [4.78, 5) is 63.4. The summed E-state index contributed by atoms with van der Waals surface area (Å²) in [5, 5.41) is 61.9. The van der Waals surface area contributed by atoms with Crippen molar-refractivity contribution in [2.24, 2.45) is 17.6 Å². The van der Waals surface area contributed by atoms with E-state index >= 15 is 0 Å². The maximum Gasteiger partial charge on any atom is 0.339 e. The van der Waals surface area contributed by atoms with Crippen molar-refractivity contribution in [1.29, 1.82) is 0 Å². The molecule has 1 amide bonds. The van der Waals surface area contributed by atoms with Crippen LogP contribution in [0.5, 0.6) is 11.5 Å². The first kappa shape index (κ1) is 33.7. The van der Waals surface area contributed by atoms with E-state index in [1.54, 1.807) is 39.2 Å². The number of benzene rings is 2. The van der Waals surface area contributed by atoms with Gasteiger partial charge in [-0.25, -0.2) is 4.79 Å². The van der Waals surface area contributed by atoms with Crippen molar-refractivity contribution >= 4 is 34.9 Å². The van der Waals surface area contributed by atoms with E-state index < -0.39 is 69.8 Å². The molecule has 14 heteroatoms. The second-order valence-corrected chi connectivity index (χ2v) is 11.9. The van der Waals surface area contributed by atoms with Crippen molar-refractivity contribution < 1.29 is 54.6 Å². The molecule has 46 heavy (non-hydrogen) atoms. The molecular formula is C32H35N3O11. The third-order valence-corrected chi connectivity index (χ3v) is 8.71. The van der Waals surface area contributed by atoms with Crippen molar-refractivity contribution in [3.05, 3.63) is 75.3 Å². The minimum absolute atomic E-state index is 0.00184. The van der Waals surface area contributed by atoms with Crippen LogP contribution in [-0.4, -0.2) is 105 Å². The zero-order valence-electron chi connectivity index (χ0n) is 25.7. The first-order chi connectivity index (χ1) is 21.4. The number of hydrogen-bond donors (Lipinski definition) is 7. The summed E-state index contributed by atoms with van der Waals surface area (Å²) in [5.41, 5.74) is 2.79. The molecule has 0 spiro atoms. The molecule has 2 aromatic carbocycles. The molecule has 0 aromatic heterocycles. The van der Waals surface area contributed by atoms with Crippen LogP contribution in [-0.2, 0) is 16.0 Å². The smallest absolute Gasteiger partial charge is 0.339 e. The summed E-state index contributed by atoms with van der Waals surface area (Å²) < 4.78 is 0. The van der Waals surface area contributed by atoms with Crippen molar-refractivity contribution in [3.63, 3.8) is 0 Å². The fraction of sp³-hybridized carbons (Fsp3) is 0.344. The van der Waals surface area contributed by atoms with Gasteiger partial charge in [0.2, 0.25) is 5.78 Å². The Morgan fingerprint density at radius 2 is 1.57 bits per heavy atom. The van der Waals surface area contributed by atoms with Gasteiger partial charge in [-0.15, -0.1) is 0 Å². The van der Waals surface area contributed by atoms with Gasteiger partial charge < -0.3 is 41.3 Å². The molecular weight excluding hydrogens is 602 g/mol. The summed E-state index contributed by atoms with van der Waals surface area (Å²) >= 11 is 0. The van der Waals surface area contributed by atoms with Gasteiger partial charge in [-0.1, -0.05) is 6.07 Å². The highest BCUT2D eigenvalue weighted by molar-refractivity contribution is 6.25. The van der Waals surface area contributed by atoms with Crippen molar-refractivity contribution in [2.45, 2.75) is 31.4 Å². The summed E-state index contributed by atoms with van der Waals surface area (Å²) in [6.45, 7) is 1.26. The SMILES string of the molecule is CC(=O)c1cccc(C(=O)O)c1O.CN(C)c1ccc(O)c2c1C[C@H]1C[C@H]3[C@H](N(C)C)C(O)=C(C(N)=O)C(=O)[C@@]3(O)C(O)=C1C2=O. The van der Waals surface area contributed by atoms with E-state index in [-0.39, 0.29) is 46.6 Å². The van der Waals surface area contributed by atoms with Crippen LogP contribution < -0.4 is 10.6 Å². The number of carbonyl (C=O) groups is 5. The molecule has 3 aliphatic carbocycles. The van der Waals surface area contributed by atoms with E-state index in [0.29, 0.717) is 5.56 Å². The molecule has 2 aromatic rings. The van der Waals surface area contributed by atoms with Crippen molar-refractivity contribution in [2.75, 3.05) is 33.1 Å². The van der Waals surface area contributed by atoms with Crippen LogP contribution in [0.4, 0.5) is 5.69 Å². The molecule has 244 valence electrons. The molecule has 14 nitrogen and oxygen atoms in total. The first-order valence-electron chi connectivity index (χ1n) is 14.1. The molecule has 0 bridgehead atoms. The highest BCUT2D eigenvalue weighted by Gasteiger charge is 2.63. The van der Waals surface area contributed by atoms with Crippen LogP contribution in [0.2, 0.25) is 0 Å². The van der Waals surface area contributed by atoms with E-state index in [9.17, 15) is 49.5 Å². The number of rotatable bonds is 5. The fourth-order valence-corrected chi connectivity index (χ4v) is 6.65. The zero-order valence-corrected chi connectivity index (χ0v) is 25.7. The van der Waals surface area contributed by atoms with Gasteiger partial charge in [0.25, 0.3) is 5.91 Å². The number of primary amides is 1. The maximum absolute atomic E-state index is 13.5. The number of phenolic OH excluding ortho intramolecular Hbond substituents is 1. The molecule has 0 heterocycles. The van der Waals surface area contributed by atoms with Gasteiger partial charge in [-0.05, 0) is 69.6 Å². The molecule has 8 N–H and O–H groups in total. The number of nitrogens with zero attached hydrogens (tertiary/aromatic N) is 2. The van der Waals surface area contributed by atoms with Gasteiger partial charge in [-0.2, -0.15) is 0 Å². The Hall–Kier alpha value is -5.21. The van der Waals surface area contributed by atoms with Crippen LogP contribution in [0.25, 0.3) is 0 Å². The molecule has 0 saturated heterocycles. The van der Waals surface area contributed by atoms with Gasteiger partial charge in [-0.3, -0.25) is 24.1 Å². The Kier molecular flexibility index (Phi) is 8.75. The molecule has 4 atom stereocenters. The zero-order chi connectivity index (χ0) is 34.6. The number of ketones is 3. The summed E-state index contributed by atoms with van der Waals surface area (Å²) in [5.74, 6) is -8.61. The lowest BCUT2D eigenvalue weighted by Gasteiger charge is -2.50. The van der Waals surface area contributed by atoms with Crippen molar-refractivity contribution in [3.8, 4) is 11.5 Å². The number of amides is 1. The van der Waals surface area contributed by atoms with Crippen molar-refractivity contribution in [1.82, 2.24) is 4.90 Å². The number of aromatic carboxylic acids is 1. The molecule has 0 aliphatic heterocycles. The number of aliphatic hydroxyl groups is 3. The van der Waals surface area contributed by atoms with E-state index in [1.165, 1.54) is 36.1 Å². The average molecular weight is 638 g/mol. The second kappa shape index (κ2) is 11.9. The number of Topliss-reactive ketones (excluding diaryl/α,β-unsaturated/α-hetero) is 3. The molecule has 0 unspecified atom stereocenters. The van der Waals surface area contributed by atoms with Crippen LogP contribution >= 0.6 is 0 Å². The Morgan fingerprint density at radius 3 is 2.09 bits per heavy atom. The first-order valence-corrected chi connectivity index (χ1v) is 14.1. The number of carboxylic acids is 1.